The van der Waals surface area contributed by atoms with Crippen LogP contribution in [0.25, 0.3) is 0 Å². The van der Waals surface area contributed by atoms with Crippen LogP contribution in [0.4, 0.5) is 0 Å². The maximum atomic E-state index is 12.9. The van der Waals surface area contributed by atoms with E-state index in [2.05, 4.69) is 10.6 Å². The van der Waals surface area contributed by atoms with E-state index in [0.717, 1.165) is 25.7 Å². The first-order valence-corrected chi connectivity index (χ1v) is 8.46. The van der Waals surface area contributed by atoms with Crippen molar-refractivity contribution >= 4 is 17.8 Å². The molecule has 2 aliphatic rings. The number of carbonyl (C=O) groups is 3. The van der Waals surface area contributed by atoms with E-state index in [1.54, 1.807) is 14.0 Å². The molecule has 7 heteroatoms. The molecule has 7 nitrogen and oxygen atoms in total. The summed E-state index contributed by atoms with van der Waals surface area (Å²) in [6.07, 6.45) is 5.08. The average molecular weight is 325 g/mol. The quantitative estimate of drug-likeness (QED) is 0.654. The Morgan fingerprint density at radius 1 is 1.13 bits per heavy atom. The van der Waals surface area contributed by atoms with Gasteiger partial charge in [-0.2, -0.15) is 0 Å². The Labute approximate surface area is 136 Å². The van der Waals surface area contributed by atoms with E-state index in [9.17, 15) is 19.5 Å². The van der Waals surface area contributed by atoms with Crippen LogP contribution in [0.15, 0.2) is 0 Å². The third kappa shape index (κ3) is 4.02. The van der Waals surface area contributed by atoms with Gasteiger partial charge in [0.1, 0.15) is 12.1 Å². The van der Waals surface area contributed by atoms with Gasteiger partial charge in [-0.15, -0.1) is 0 Å². The van der Waals surface area contributed by atoms with Crippen LogP contribution in [0.5, 0.6) is 0 Å². The maximum Gasteiger partial charge on any atom is 0.326 e. The van der Waals surface area contributed by atoms with Gasteiger partial charge in [-0.25, -0.2) is 4.79 Å². The normalized spacial score (nSPS) is 24.4. The Morgan fingerprint density at radius 2 is 1.78 bits per heavy atom. The lowest BCUT2D eigenvalue weighted by Gasteiger charge is -2.31. The standard InChI is InChI=1S/C16H27N3O4/c1-10(17-2)14(20)18-13(11-6-3-4-7-11)15(21)19-9-5-8-12(19)16(22)23/h10-13,17H,3-9H2,1-2H3,(H,18,20)(H,22,23)/t10?,12-,13?/m0/s1. The smallest absolute Gasteiger partial charge is 0.326 e. The van der Waals surface area contributed by atoms with Crippen molar-refractivity contribution < 1.29 is 19.5 Å². The number of carboxylic acids is 1. The summed E-state index contributed by atoms with van der Waals surface area (Å²) in [5, 5.41) is 15.0. The molecular weight excluding hydrogens is 298 g/mol. The number of rotatable bonds is 6. The summed E-state index contributed by atoms with van der Waals surface area (Å²) in [5.41, 5.74) is 0. The molecule has 0 spiro atoms. The van der Waals surface area contributed by atoms with E-state index in [1.807, 2.05) is 0 Å². The van der Waals surface area contributed by atoms with Crippen LogP contribution in [0, 0.1) is 5.92 Å². The van der Waals surface area contributed by atoms with Crippen molar-refractivity contribution in [2.24, 2.45) is 5.92 Å². The SMILES string of the molecule is CNC(C)C(=O)NC(C(=O)N1CCC[C@H]1C(=O)O)C1CCCC1. The van der Waals surface area contributed by atoms with Crippen LogP contribution in [0.1, 0.15) is 45.4 Å². The molecule has 1 aliphatic carbocycles. The molecule has 2 rings (SSSR count). The van der Waals surface area contributed by atoms with Crippen molar-refractivity contribution in [1.29, 1.82) is 0 Å². The highest BCUT2D eigenvalue weighted by atomic mass is 16.4. The van der Waals surface area contributed by atoms with Crippen LogP contribution < -0.4 is 10.6 Å². The number of likely N-dealkylation sites (tertiary alicyclic amines) is 1. The van der Waals surface area contributed by atoms with Crippen LogP contribution in [0.2, 0.25) is 0 Å². The molecule has 2 unspecified atom stereocenters. The number of carboxylic acid groups (broad SMARTS) is 1. The van der Waals surface area contributed by atoms with Gasteiger partial charge >= 0.3 is 5.97 Å². The molecule has 1 heterocycles. The molecule has 2 fully saturated rings. The van der Waals surface area contributed by atoms with Crippen molar-refractivity contribution in [3.8, 4) is 0 Å². The minimum absolute atomic E-state index is 0.102. The molecule has 1 saturated heterocycles. The second kappa shape index (κ2) is 7.77. The van der Waals surface area contributed by atoms with Crippen LogP contribution >= 0.6 is 0 Å². The number of carbonyl (C=O) groups excluding carboxylic acids is 2. The lowest BCUT2D eigenvalue weighted by molar-refractivity contribution is -0.150. The third-order valence-electron chi connectivity index (χ3n) is 5.08. The topological polar surface area (TPSA) is 98.7 Å². The first-order chi connectivity index (χ1) is 11.0. The molecule has 0 aromatic rings. The van der Waals surface area contributed by atoms with Crippen molar-refractivity contribution in [3.05, 3.63) is 0 Å². The van der Waals surface area contributed by atoms with Crippen molar-refractivity contribution in [3.63, 3.8) is 0 Å². The van der Waals surface area contributed by atoms with Gasteiger partial charge in [-0.1, -0.05) is 12.8 Å². The number of aliphatic carboxylic acids is 1. The van der Waals surface area contributed by atoms with Gasteiger partial charge in [-0.3, -0.25) is 9.59 Å². The van der Waals surface area contributed by atoms with Crippen molar-refractivity contribution in [2.45, 2.75) is 63.6 Å². The molecule has 0 aromatic heterocycles. The molecule has 23 heavy (non-hydrogen) atoms. The number of nitrogens with one attached hydrogen (secondary N) is 2. The number of amides is 2. The highest BCUT2D eigenvalue weighted by Crippen LogP contribution is 2.30. The first kappa shape index (κ1) is 17.7. The Balaban J connectivity index is 2.14. The third-order valence-corrected chi connectivity index (χ3v) is 5.08. The Bertz CT molecular complexity index is 462. The summed E-state index contributed by atoms with van der Waals surface area (Å²) in [5.74, 6) is -1.32. The molecule has 2 amide bonds. The zero-order valence-electron chi connectivity index (χ0n) is 13.9. The van der Waals surface area contributed by atoms with Gasteiger partial charge in [0.15, 0.2) is 0 Å². The van der Waals surface area contributed by atoms with E-state index >= 15 is 0 Å². The lowest BCUT2D eigenvalue weighted by Crippen LogP contribution is -2.56. The molecule has 1 saturated carbocycles. The maximum absolute atomic E-state index is 12.9. The molecule has 0 aromatic carbocycles. The van der Waals surface area contributed by atoms with Gasteiger partial charge in [0.2, 0.25) is 11.8 Å². The predicted octanol–water partition coefficient (Wildman–Crippen LogP) is 0.345. The van der Waals surface area contributed by atoms with E-state index in [1.165, 1.54) is 4.90 Å². The average Bonchev–Trinajstić information content (AvgIpc) is 3.21. The molecule has 3 atom stereocenters. The van der Waals surface area contributed by atoms with E-state index in [0.29, 0.717) is 19.4 Å². The van der Waals surface area contributed by atoms with E-state index in [4.69, 9.17) is 0 Å². The van der Waals surface area contributed by atoms with Gasteiger partial charge in [-0.05, 0) is 45.6 Å². The zero-order valence-corrected chi connectivity index (χ0v) is 13.9. The number of hydrogen-bond donors (Lipinski definition) is 3. The van der Waals surface area contributed by atoms with Crippen LogP contribution in [-0.2, 0) is 14.4 Å². The van der Waals surface area contributed by atoms with E-state index in [-0.39, 0.29) is 23.8 Å². The van der Waals surface area contributed by atoms with Gasteiger partial charge in [0.25, 0.3) is 0 Å². The van der Waals surface area contributed by atoms with E-state index < -0.39 is 18.1 Å². The molecular formula is C16H27N3O4. The fourth-order valence-corrected chi connectivity index (χ4v) is 3.55. The van der Waals surface area contributed by atoms with Gasteiger partial charge in [0, 0.05) is 6.54 Å². The first-order valence-electron chi connectivity index (χ1n) is 8.46. The Hall–Kier alpha value is -1.63. The summed E-state index contributed by atoms with van der Waals surface area (Å²) in [6.45, 7) is 2.19. The second-order valence-corrected chi connectivity index (χ2v) is 6.57. The van der Waals surface area contributed by atoms with Gasteiger partial charge < -0.3 is 20.6 Å². The lowest BCUT2D eigenvalue weighted by atomic mass is 9.96. The molecule has 1 aliphatic heterocycles. The summed E-state index contributed by atoms with van der Waals surface area (Å²) in [7, 11) is 1.69. The Kier molecular flexibility index (Phi) is 5.98. The number of nitrogens with zero attached hydrogens (tertiary/aromatic N) is 1. The molecule has 3 N–H and O–H groups in total. The van der Waals surface area contributed by atoms with Crippen LogP contribution in [-0.4, -0.2) is 59.5 Å². The minimum Gasteiger partial charge on any atom is -0.480 e. The fraction of sp³-hybridized carbons (Fsp3) is 0.812. The highest BCUT2D eigenvalue weighted by Gasteiger charge is 2.41. The predicted molar refractivity (Wildman–Crippen MR) is 84.8 cm³/mol. The molecule has 0 radical (unpaired) electrons. The zero-order chi connectivity index (χ0) is 17.0. The monoisotopic (exact) mass is 325 g/mol. The second-order valence-electron chi connectivity index (χ2n) is 6.57. The number of likely N-dealkylation sites (N-methyl/N-ethyl adjacent to an activating group) is 1. The summed E-state index contributed by atoms with van der Waals surface area (Å²) < 4.78 is 0. The highest BCUT2D eigenvalue weighted by molar-refractivity contribution is 5.92. The van der Waals surface area contributed by atoms with Crippen molar-refractivity contribution in [2.75, 3.05) is 13.6 Å². The molecule has 0 bridgehead atoms. The van der Waals surface area contributed by atoms with Crippen LogP contribution in [0.3, 0.4) is 0 Å². The van der Waals surface area contributed by atoms with Crippen molar-refractivity contribution in [1.82, 2.24) is 15.5 Å². The summed E-state index contributed by atoms with van der Waals surface area (Å²) in [6, 6.07) is -1.76. The summed E-state index contributed by atoms with van der Waals surface area (Å²) >= 11 is 0. The largest absolute Gasteiger partial charge is 0.480 e. The fourth-order valence-electron chi connectivity index (χ4n) is 3.55. The number of hydrogen-bond acceptors (Lipinski definition) is 4. The van der Waals surface area contributed by atoms with Gasteiger partial charge in [0.05, 0.1) is 6.04 Å². The minimum atomic E-state index is -0.962. The Morgan fingerprint density at radius 3 is 2.35 bits per heavy atom. The summed E-state index contributed by atoms with van der Waals surface area (Å²) in [4.78, 5) is 37.9. The molecule has 130 valence electrons.